The highest BCUT2D eigenvalue weighted by Gasteiger charge is 2.29. The molecule has 208 valence electrons. The van der Waals surface area contributed by atoms with Gasteiger partial charge in [-0.15, -0.1) is 24.8 Å². The van der Waals surface area contributed by atoms with Crippen LogP contribution in [0.4, 0.5) is 5.82 Å². The van der Waals surface area contributed by atoms with Gasteiger partial charge in [-0.3, -0.25) is 9.79 Å². The number of rotatable bonds is 10. The lowest BCUT2D eigenvalue weighted by Gasteiger charge is -2.32. The Morgan fingerprint density at radius 1 is 1.22 bits per heavy atom. The van der Waals surface area contributed by atoms with E-state index in [2.05, 4.69) is 20.6 Å². The molecule has 4 N–H and O–H groups in total. The molecule has 2 atom stereocenters. The first kappa shape index (κ1) is 32.8. The molecular weight excluding hydrogens is 515 g/mol. The molecule has 0 bridgehead atoms. The van der Waals surface area contributed by atoms with Crippen molar-refractivity contribution in [3.05, 3.63) is 29.6 Å². The number of hydrogen-bond acceptors (Lipinski definition) is 7. The zero-order valence-electron chi connectivity index (χ0n) is 22.7. The topological polar surface area (TPSA) is 124 Å². The van der Waals surface area contributed by atoms with E-state index in [1.807, 2.05) is 52.8 Å². The van der Waals surface area contributed by atoms with Crippen LogP contribution in [0.25, 0.3) is 10.9 Å². The summed E-state index contributed by atoms with van der Waals surface area (Å²) >= 11 is 0. The summed E-state index contributed by atoms with van der Waals surface area (Å²) in [7, 11) is 1.63. The van der Waals surface area contributed by atoms with Gasteiger partial charge in [-0.2, -0.15) is 0 Å². The molecule has 11 heteroatoms. The summed E-state index contributed by atoms with van der Waals surface area (Å²) in [6.07, 6.45) is 4.13. The molecule has 1 fully saturated rings. The minimum Gasteiger partial charge on any atom is -0.385 e. The number of amides is 1. The van der Waals surface area contributed by atoms with Gasteiger partial charge < -0.3 is 25.8 Å². The highest BCUT2D eigenvalue weighted by molar-refractivity contribution is 5.96. The molecule has 0 spiro atoms. The van der Waals surface area contributed by atoms with Crippen molar-refractivity contribution in [1.82, 2.24) is 15.3 Å². The maximum Gasteiger partial charge on any atom is 0.289 e. The maximum absolute atomic E-state index is 12.8. The van der Waals surface area contributed by atoms with Crippen LogP contribution in [0.15, 0.2) is 23.2 Å². The maximum atomic E-state index is 12.8. The number of amidine groups is 1. The van der Waals surface area contributed by atoms with Gasteiger partial charge in [0.15, 0.2) is 0 Å². The van der Waals surface area contributed by atoms with Crippen LogP contribution < -0.4 is 16.4 Å². The molecule has 0 unspecified atom stereocenters. The van der Waals surface area contributed by atoms with Crippen molar-refractivity contribution in [2.24, 2.45) is 10.7 Å². The van der Waals surface area contributed by atoms with E-state index >= 15 is 0 Å². The number of methoxy groups -OCH3 is 1. The van der Waals surface area contributed by atoms with Gasteiger partial charge in [0.05, 0.1) is 24.3 Å². The molecule has 1 heterocycles. The minimum atomic E-state index is -0.634. The molecule has 1 aromatic heterocycles. The van der Waals surface area contributed by atoms with Crippen molar-refractivity contribution in [3.8, 4) is 0 Å². The fourth-order valence-electron chi connectivity index (χ4n) is 4.04. The molecule has 3 rings (SSSR count). The molecule has 37 heavy (non-hydrogen) atoms. The molecule has 0 aliphatic heterocycles. The second-order valence-corrected chi connectivity index (χ2v) is 9.92. The first-order valence-electron chi connectivity index (χ1n) is 12.4. The monoisotopic (exact) mass is 556 g/mol. The highest BCUT2D eigenvalue weighted by atomic mass is 35.5. The number of nitrogens with two attached hydrogens (primary N) is 1. The summed E-state index contributed by atoms with van der Waals surface area (Å²) in [4.78, 5) is 26.8. The van der Waals surface area contributed by atoms with Crippen LogP contribution in [0.2, 0.25) is 0 Å². The molecule has 0 radical (unpaired) electrons. The van der Waals surface area contributed by atoms with Gasteiger partial charge in [0.25, 0.3) is 5.91 Å². The van der Waals surface area contributed by atoms with Gasteiger partial charge in [0, 0.05) is 25.1 Å². The quantitative estimate of drug-likeness (QED) is 0.224. The van der Waals surface area contributed by atoms with E-state index in [-0.39, 0.29) is 54.7 Å². The van der Waals surface area contributed by atoms with E-state index in [1.54, 1.807) is 7.11 Å². The Morgan fingerprint density at radius 3 is 2.59 bits per heavy atom. The molecule has 9 nitrogen and oxygen atoms in total. The Labute approximate surface area is 232 Å². The van der Waals surface area contributed by atoms with Gasteiger partial charge in [-0.1, -0.05) is 24.5 Å². The first-order valence-corrected chi connectivity index (χ1v) is 12.4. The number of fused-ring (bicyclic) bond motifs is 1. The fraction of sp³-hybridized carbons (Fsp3) is 0.615. The number of halogens is 2. The summed E-state index contributed by atoms with van der Waals surface area (Å²) in [5, 5.41) is 7.32. The van der Waals surface area contributed by atoms with E-state index in [0.717, 1.165) is 36.6 Å². The third kappa shape index (κ3) is 8.95. The third-order valence-electron chi connectivity index (χ3n) is 6.38. The number of carbonyl (C=O) groups excluding carboxylic acids is 1. The number of carbonyl (C=O) groups is 1. The molecule has 1 aliphatic carbocycles. The smallest absolute Gasteiger partial charge is 0.289 e. The minimum absolute atomic E-state index is 0. The number of ether oxygens (including phenoxy) is 2. The molecule has 2 aromatic rings. The van der Waals surface area contributed by atoms with E-state index in [0.29, 0.717) is 30.3 Å². The Balaban J connectivity index is 0.00000342. The lowest BCUT2D eigenvalue weighted by Crippen LogP contribution is -2.44. The Kier molecular flexibility index (Phi) is 13.0. The van der Waals surface area contributed by atoms with Crippen molar-refractivity contribution in [3.63, 3.8) is 0 Å². The second kappa shape index (κ2) is 14.7. The lowest BCUT2D eigenvalue weighted by molar-refractivity contribution is 0.0743. The summed E-state index contributed by atoms with van der Waals surface area (Å²) < 4.78 is 11.0. The van der Waals surface area contributed by atoms with E-state index < -0.39 is 5.60 Å². The van der Waals surface area contributed by atoms with Crippen molar-refractivity contribution >= 4 is 53.3 Å². The van der Waals surface area contributed by atoms with E-state index in [4.69, 9.17) is 20.2 Å². The first-order chi connectivity index (χ1) is 16.6. The average molecular weight is 558 g/mol. The van der Waals surface area contributed by atoms with E-state index in [9.17, 15) is 4.79 Å². The standard InChI is InChI=1S/C26H40N6O3.2ClH/c1-16(2)35-14-13-28-24(33)23-29-19-12-11-17(3)15-18(19)22(32-23)30-20-9-7-8-10-21(20)31-25(27)26(4,5)34-6;;/h11-12,15-16,20-21H,7-10,13-14H2,1-6H3,(H2,27,31)(H,28,33)(H,29,30,32);2*1H/t20-,21+;;/m0../s1. The summed E-state index contributed by atoms with van der Waals surface area (Å²) in [5.41, 5.74) is 7.48. The molecule has 1 aromatic carbocycles. The van der Waals surface area contributed by atoms with Gasteiger partial charge in [-0.25, -0.2) is 9.97 Å². The van der Waals surface area contributed by atoms with E-state index in [1.165, 1.54) is 0 Å². The van der Waals surface area contributed by atoms with Crippen LogP contribution in [0, 0.1) is 6.92 Å². The van der Waals surface area contributed by atoms with Gasteiger partial charge in [-0.05, 0) is 59.6 Å². The van der Waals surface area contributed by atoms with Crippen LogP contribution in [0.5, 0.6) is 0 Å². The Morgan fingerprint density at radius 2 is 1.92 bits per heavy atom. The second-order valence-electron chi connectivity index (χ2n) is 9.92. The highest BCUT2D eigenvalue weighted by Crippen LogP contribution is 2.28. The number of hydrogen-bond donors (Lipinski definition) is 3. The third-order valence-corrected chi connectivity index (χ3v) is 6.38. The van der Waals surface area contributed by atoms with Crippen molar-refractivity contribution in [2.75, 3.05) is 25.6 Å². The number of aryl methyl sites for hydroxylation is 1. The van der Waals surface area contributed by atoms with Crippen LogP contribution >= 0.6 is 24.8 Å². The summed E-state index contributed by atoms with van der Waals surface area (Å²) in [5.74, 6) is 0.918. The zero-order valence-corrected chi connectivity index (χ0v) is 24.3. The van der Waals surface area contributed by atoms with Crippen molar-refractivity contribution in [2.45, 2.75) is 84.1 Å². The van der Waals surface area contributed by atoms with Crippen LogP contribution in [0.1, 0.15) is 69.6 Å². The number of aromatic nitrogens is 2. The van der Waals surface area contributed by atoms with Gasteiger partial charge in [0.1, 0.15) is 17.3 Å². The van der Waals surface area contributed by atoms with Crippen LogP contribution in [-0.4, -0.2) is 65.8 Å². The van der Waals surface area contributed by atoms with Crippen molar-refractivity contribution < 1.29 is 14.3 Å². The van der Waals surface area contributed by atoms with Gasteiger partial charge in [0.2, 0.25) is 5.82 Å². The zero-order chi connectivity index (χ0) is 25.6. The largest absolute Gasteiger partial charge is 0.385 e. The Bertz CT molecular complexity index is 1060. The normalized spacial score (nSPS) is 18.2. The SMILES string of the molecule is COC(C)(C)C(N)=N[C@@H]1CCCC[C@@H]1Nc1nc(C(=O)NCCOC(C)C)nc2ccc(C)cc12.Cl.Cl. The number of nitrogens with zero attached hydrogens (tertiary/aromatic N) is 3. The van der Waals surface area contributed by atoms with Crippen LogP contribution in [0.3, 0.4) is 0 Å². The van der Waals surface area contributed by atoms with Crippen molar-refractivity contribution in [1.29, 1.82) is 0 Å². The lowest BCUT2D eigenvalue weighted by atomic mass is 9.90. The molecule has 1 aliphatic rings. The number of nitrogens with one attached hydrogen (secondary N) is 2. The number of aliphatic imine (C=N–C) groups is 1. The predicted molar refractivity (Wildman–Crippen MR) is 155 cm³/mol. The fourth-order valence-corrected chi connectivity index (χ4v) is 4.04. The number of anilines is 1. The van der Waals surface area contributed by atoms with Crippen LogP contribution in [-0.2, 0) is 9.47 Å². The molecule has 0 saturated heterocycles. The molecule has 1 amide bonds. The summed E-state index contributed by atoms with van der Waals surface area (Å²) in [6, 6.07) is 5.96. The summed E-state index contributed by atoms with van der Waals surface area (Å²) in [6.45, 7) is 10.6. The van der Waals surface area contributed by atoms with Gasteiger partial charge >= 0.3 is 0 Å². The molecular formula is C26H42Cl2N6O3. The predicted octanol–water partition coefficient (Wildman–Crippen LogP) is 4.44. The Hall–Kier alpha value is -2.20. The average Bonchev–Trinajstić information content (AvgIpc) is 2.82. The molecule has 1 saturated carbocycles. The number of benzene rings is 1.